The molecule has 0 spiro atoms. The number of rotatable bonds is 6. The highest BCUT2D eigenvalue weighted by molar-refractivity contribution is 5.68. The fourth-order valence-electron chi connectivity index (χ4n) is 3.32. The Morgan fingerprint density at radius 2 is 1.74 bits per heavy atom. The van der Waals surface area contributed by atoms with Crippen molar-refractivity contribution in [3.8, 4) is 35.0 Å². The van der Waals surface area contributed by atoms with Crippen LogP contribution in [0.5, 0.6) is 0 Å². The van der Waals surface area contributed by atoms with Crippen LogP contribution >= 0.6 is 0 Å². The third kappa shape index (κ3) is 4.93. The average molecular weight is 409 g/mol. The van der Waals surface area contributed by atoms with Crippen LogP contribution in [0.25, 0.3) is 22.6 Å². The molecule has 3 heterocycles. The number of benzene rings is 1. The van der Waals surface area contributed by atoms with Gasteiger partial charge in [-0.1, -0.05) is 43.2 Å². The highest BCUT2D eigenvalue weighted by Gasteiger charge is 2.11. The summed E-state index contributed by atoms with van der Waals surface area (Å²) in [5.41, 5.74) is 11.5. The lowest BCUT2D eigenvalue weighted by Gasteiger charge is -2.06. The smallest absolute Gasteiger partial charge is 0.221 e. The van der Waals surface area contributed by atoms with E-state index in [4.69, 9.17) is 17.1 Å². The molecular formula is C24H23N7. The van der Waals surface area contributed by atoms with Crippen molar-refractivity contribution in [2.45, 2.75) is 26.8 Å². The number of pyridine rings is 1. The Bertz CT molecular complexity index is 1250. The molecule has 0 radical (unpaired) electrons. The van der Waals surface area contributed by atoms with Gasteiger partial charge >= 0.3 is 0 Å². The molecule has 3 aromatic heterocycles. The second kappa shape index (κ2) is 8.76. The summed E-state index contributed by atoms with van der Waals surface area (Å²) < 4.78 is 1.74. The standard InChI is InChI=1S/C24H23N7/c1-4-17-7-5-8-18(12-17)21-13-22(28-24(25)27-21)23-15-31(30-29-23)14-20-10-6-9-19(26-20)11-16(2)3/h1,5-10,12-13,15-16H,11,14H2,2-3H3,(H2,25,27,28). The zero-order valence-corrected chi connectivity index (χ0v) is 17.5. The Morgan fingerprint density at radius 3 is 2.55 bits per heavy atom. The lowest BCUT2D eigenvalue weighted by molar-refractivity contribution is 0.615. The van der Waals surface area contributed by atoms with Gasteiger partial charge in [-0.25, -0.2) is 14.6 Å². The van der Waals surface area contributed by atoms with Crippen LogP contribution in [0, 0.1) is 18.3 Å². The summed E-state index contributed by atoms with van der Waals surface area (Å²) in [7, 11) is 0. The van der Waals surface area contributed by atoms with E-state index in [9.17, 15) is 0 Å². The fourth-order valence-corrected chi connectivity index (χ4v) is 3.32. The highest BCUT2D eigenvalue weighted by atomic mass is 15.4. The Morgan fingerprint density at radius 1 is 0.968 bits per heavy atom. The van der Waals surface area contributed by atoms with E-state index in [-0.39, 0.29) is 5.95 Å². The molecule has 154 valence electrons. The first-order chi connectivity index (χ1) is 15.0. The Hall–Kier alpha value is -4.05. The van der Waals surface area contributed by atoms with Crippen LogP contribution in [0.4, 0.5) is 5.95 Å². The molecule has 0 saturated heterocycles. The fraction of sp³-hybridized carbons (Fsp3) is 0.208. The van der Waals surface area contributed by atoms with Crippen LogP contribution in [0.1, 0.15) is 30.8 Å². The zero-order valence-electron chi connectivity index (χ0n) is 17.5. The Kier molecular flexibility index (Phi) is 5.72. The number of nitrogens with zero attached hydrogens (tertiary/aromatic N) is 6. The number of anilines is 1. The van der Waals surface area contributed by atoms with Crippen molar-refractivity contribution in [2.24, 2.45) is 5.92 Å². The van der Waals surface area contributed by atoms with E-state index in [1.54, 1.807) is 4.68 Å². The summed E-state index contributed by atoms with van der Waals surface area (Å²) in [6, 6.07) is 15.5. The van der Waals surface area contributed by atoms with Gasteiger partial charge in [0.1, 0.15) is 5.69 Å². The second-order valence-electron chi connectivity index (χ2n) is 7.74. The van der Waals surface area contributed by atoms with Crippen molar-refractivity contribution in [1.82, 2.24) is 29.9 Å². The maximum Gasteiger partial charge on any atom is 0.221 e. The van der Waals surface area contributed by atoms with E-state index < -0.39 is 0 Å². The summed E-state index contributed by atoms with van der Waals surface area (Å²) in [6.45, 7) is 4.89. The molecule has 31 heavy (non-hydrogen) atoms. The quantitative estimate of drug-likeness (QED) is 0.489. The molecule has 0 atom stereocenters. The molecule has 0 aliphatic rings. The number of hydrogen-bond donors (Lipinski definition) is 1. The Balaban J connectivity index is 1.59. The molecule has 0 amide bonds. The third-order valence-electron chi connectivity index (χ3n) is 4.68. The van der Waals surface area contributed by atoms with E-state index in [1.807, 2.05) is 48.7 Å². The van der Waals surface area contributed by atoms with Gasteiger partial charge in [0.15, 0.2) is 0 Å². The second-order valence-corrected chi connectivity index (χ2v) is 7.74. The van der Waals surface area contributed by atoms with Gasteiger partial charge in [-0.2, -0.15) is 0 Å². The van der Waals surface area contributed by atoms with Gasteiger partial charge in [0, 0.05) is 16.8 Å². The minimum atomic E-state index is 0.163. The van der Waals surface area contributed by atoms with Crippen molar-refractivity contribution in [2.75, 3.05) is 5.73 Å². The third-order valence-corrected chi connectivity index (χ3v) is 4.68. The van der Waals surface area contributed by atoms with Gasteiger partial charge in [0.2, 0.25) is 5.95 Å². The van der Waals surface area contributed by atoms with E-state index in [0.717, 1.165) is 28.9 Å². The van der Waals surface area contributed by atoms with Crippen molar-refractivity contribution in [1.29, 1.82) is 0 Å². The van der Waals surface area contributed by atoms with Gasteiger partial charge < -0.3 is 5.73 Å². The first-order valence-corrected chi connectivity index (χ1v) is 10.1. The molecule has 0 aliphatic heterocycles. The van der Waals surface area contributed by atoms with Gasteiger partial charge in [0.05, 0.1) is 29.8 Å². The van der Waals surface area contributed by atoms with E-state index >= 15 is 0 Å². The SMILES string of the molecule is C#Cc1cccc(-c2cc(-c3cn(Cc4cccc(CC(C)C)n4)nn3)nc(N)n2)c1. The first-order valence-electron chi connectivity index (χ1n) is 10.1. The number of aromatic nitrogens is 6. The summed E-state index contributed by atoms with van der Waals surface area (Å²) in [6.07, 6.45) is 8.29. The molecule has 7 nitrogen and oxygen atoms in total. The van der Waals surface area contributed by atoms with Crippen molar-refractivity contribution in [3.63, 3.8) is 0 Å². The van der Waals surface area contributed by atoms with Gasteiger partial charge in [-0.15, -0.1) is 11.5 Å². The van der Waals surface area contributed by atoms with Gasteiger partial charge in [0.25, 0.3) is 0 Å². The zero-order chi connectivity index (χ0) is 21.8. The molecule has 4 rings (SSSR count). The molecule has 1 aromatic carbocycles. The van der Waals surface area contributed by atoms with Gasteiger partial charge in [-0.3, -0.25) is 4.98 Å². The molecule has 0 fully saturated rings. The number of nitrogen functional groups attached to an aromatic ring is 1. The lowest BCUT2D eigenvalue weighted by atomic mass is 10.1. The number of terminal acetylenes is 1. The van der Waals surface area contributed by atoms with Crippen molar-refractivity contribution < 1.29 is 0 Å². The molecule has 0 bridgehead atoms. The predicted octanol–water partition coefficient (Wildman–Crippen LogP) is 3.61. The van der Waals surface area contributed by atoms with Crippen LogP contribution in [0.15, 0.2) is 54.7 Å². The van der Waals surface area contributed by atoms with Crippen LogP contribution in [0.3, 0.4) is 0 Å². The predicted molar refractivity (Wildman–Crippen MR) is 121 cm³/mol. The largest absolute Gasteiger partial charge is 0.368 e. The molecule has 4 aromatic rings. The van der Waals surface area contributed by atoms with E-state index in [0.29, 0.717) is 29.5 Å². The average Bonchev–Trinajstić information content (AvgIpc) is 3.21. The molecule has 0 unspecified atom stereocenters. The van der Waals surface area contributed by atoms with Gasteiger partial charge in [-0.05, 0) is 42.7 Å². The monoisotopic (exact) mass is 409 g/mol. The van der Waals surface area contributed by atoms with Crippen molar-refractivity contribution in [3.05, 3.63) is 71.7 Å². The highest BCUT2D eigenvalue weighted by Crippen LogP contribution is 2.24. The molecule has 0 aliphatic carbocycles. The molecule has 0 saturated carbocycles. The van der Waals surface area contributed by atoms with Crippen LogP contribution in [0.2, 0.25) is 0 Å². The summed E-state index contributed by atoms with van der Waals surface area (Å²) in [5.74, 6) is 3.35. The first kappa shape index (κ1) is 20.2. The topological polar surface area (TPSA) is 95.4 Å². The number of hydrogen-bond acceptors (Lipinski definition) is 6. The summed E-state index contributed by atoms with van der Waals surface area (Å²) in [4.78, 5) is 13.4. The molecule has 7 heteroatoms. The van der Waals surface area contributed by atoms with Crippen LogP contribution in [-0.4, -0.2) is 29.9 Å². The minimum absolute atomic E-state index is 0.163. The Labute approximate surface area is 181 Å². The van der Waals surface area contributed by atoms with E-state index in [1.165, 1.54) is 0 Å². The summed E-state index contributed by atoms with van der Waals surface area (Å²) >= 11 is 0. The number of nitrogens with two attached hydrogens (primary N) is 1. The molecular weight excluding hydrogens is 386 g/mol. The maximum absolute atomic E-state index is 5.96. The normalized spacial score (nSPS) is 10.9. The molecule has 2 N–H and O–H groups in total. The maximum atomic E-state index is 5.96. The minimum Gasteiger partial charge on any atom is -0.368 e. The summed E-state index contributed by atoms with van der Waals surface area (Å²) in [5, 5.41) is 8.51. The van der Waals surface area contributed by atoms with Crippen molar-refractivity contribution >= 4 is 5.95 Å². The van der Waals surface area contributed by atoms with E-state index in [2.05, 4.69) is 46.1 Å². The van der Waals surface area contributed by atoms with Crippen LogP contribution in [-0.2, 0) is 13.0 Å². The lowest BCUT2D eigenvalue weighted by Crippen LogP contribution is -2.05. The van der Waals surface area contributed by atoms with Crippen LogP contribution < -0.4 is 5.73 Å².